The second-order valence-corrected chi connectivity index (χ2v) is 7.01. The first-order chi connectivity index (χ1) is 12.8. The molecule has 1 aliphatic rings. The highest BCUT2D eigenvalue weighted by Crippen LogP contribution is 2.25. The minimum Gasteiger partial charge on any atom is -0.310 e. The van der Waals surface area contributed by atoms with Gasteiger partial charge in [0.1, 0.15) is 0 Å². The summed E-state index contributed by atoms with van der Waals surface area (Å²) in [4.78, 5) is 4.61. The molecule has 0 amide bonds. The van der Waals surface area contributed by atoms with Crippen molar-refractivity contribution in [1.82, 2.24) is 10.3 Å². The second-order valence-electron chi connectivity index (χ2n) is 7.01. The summed E-state index contributed by atoms with van der Waals surface area (Å²) >= 11 is 0. The first-order valence-corrected chi connectivity index (χ1v) is 9.28. The molecule has 1 N–H and O–H groups in total. The van der Waals surface area contributed by atoms with E-state index in [0.717, 1.165) is 25.1 Å². The number of hydrogen-bond acceptors (Lipinski definition) is 2. The Bertz CT molecular complexity index is 912. The van der Waals surface area contributed by atoms with Crippen molar-refractivity contribution >= 4 is 5.57 Å². The van der Waals surface area contributed by atoms with E-state index in [2.05, 4.69) is 90.0 Å². The van der Waals surface area contributed by atoms with E-state index in [-0.39, 0.29) is 0 Å². The fourth-order valence-corrected chi connectivity index (χ4v) is 3.65. The minimum atomic E-state index is 0.425. The summed E-state index contributed by atoms with van der Waals surface area (Å²) in [7, 11) is 0. The lowest BCUT2D eigenvalue weighted by Gasteiger charge is -2.24. The molecule has 2 nitrogen and oxygen atoms in total. The molecule has 1 aromatic heterocycles. The highest BCUT2D eigenvalue weighted by atomic mass is 14.9. The predicted octanol–water partition coefficient (Wildman–Crippen LogP) is 5.05. The zero-order valence-corrected chi connectivity index (χ0v) is 15.2. The van der Waals surface area contributed by atoms with E-state index < -0.39 is 0 Å². The number of nitrogens with zero attached hydrogens (tertiary/aromatic N) is 1. The Morgan fingerprint density at radius 3 is 2.62 bits per heavy atom. The van der Waals surface area contributed by atoms with Crippen molar-refractivity contribution in [3.8, 4) is 11.1 Å². The lowest BCUT2D eigenvalue weighted by atomic mass is 9.92. The van der Waals surface area contributed by atoms with Crippen LogP contribution in [0.1, 0.15) is 23.2 Å². The zero-order valence-electron chi connectivity index (χ0n) is 15.2. The topological polar surface area (TPSA) is 24.9 Å². The number of benzene rings is 2. The van der Waals surface area contributed by atoms with Crippen molar-refractivity contribution in [2.24, 2.45) is 0 Å². The summed E-state index contributed by atoms with van der Waals surface area (Å²) < 4.78 is 0. The van der Waals surface area contributed by atoms with Crippen LogP contribution in [0.4, 0.5) is 0 Å². The van der Waals surface area contributed by atoms with Gasteiger partial charge in [0.2, 0.25) is 0 Å². The molecule has 1 unspecified atom stereocenters. The van der Waals surface area contributed by atoms with Crippen molar-refractivity contribution in [1.29, 1.82) is 0 Å². The van der Waals surface area contributed by atoms with Crippen LogP contribution in [0.2, 0.25) is 0 Å². The number of nitrogens with one attached hydrogen (secondary N) is 1. The third-order valence-electron chi connectivity index (χ3n) is 4.99. The summed E-state index contributed by atoms with van der Waals surface area (Å²) in [5, 5.41) is 3.62. The Morgan fingerprint density at radius 1 is 0.923 bits per heavy atom. The van der Waals surface area contributed by atoms with E-state index in [0.29, 0.717) is 6.04 Å². The molecule has 1 aliphatic heterocycles. The van der Waals surface area contributed by atoms with E-state index in [9.17, 15) is 0 Å². The van der Waals surface area contributed by atoms with Crippen LogP contribution in [0.5, 0.6) is 0 Å². The number of aryl methyl sites for hydroxylation is 1. The summed E-state index contributed by atoms with van der Waals surface area (Å²) in [6.07, 6.45) is 6.24. The average Bonchev–Trinajstić information content (AvgIpc) is 2.69. The fraction of sp³-hybridized carbons (Fsp3) is 0.208. The first-order valence-electron chi connectivity index (χ1n) is 9.28. The number of rotatable bonds is 4. The SMILES string of the molecule is Cc1cccc(C2=CCNC(Cc3cc(-c4ccccc4)ccn3)C2)c1. The van der Waals surface area contributed by atoms with E-state index >= 15 is 0 Å². The summed E-state index contributed by atoms with van der Waals surface area (Å²) in [5.74, 6) is 0. The quantitative estimate of drug-likeness (QED) is 0.719. The third kappa shape index (κ3) is 3.92. The molecule has 0 spiro atoms. The van der Waals surface area contributed by atoms with Crippen molar-refractivity contribution in [2.75, 3.05) is 6.54 Å². The molecule has 26 heavy (non-hydrogen) atoms. The first kappa shape index (κ1) is 16.7. The molecule has 2 heteroatoms. The Kier molecular flexibility index (Phi) is 4.94. The summed E-state index contributed by atoms with van der Waals surface area (Å²) in [5.41, 5.74) is 7.73. The Morgan fingerprint density at radius 2 is 1.77 bits per heavy atom. The van der Waals surface area contributed by atoms with E-state index in [4.69, 9.17) is 0 Å². The van der Waals surface area contributed by atoms with Crippen molar-refractivity contribution < 1.29 is 0 Å². The van der Waals surface area contributed by atoms with Gasteiger partial charge >= 0.3 is 0 Å². The molecule has 3 aromatic rings. The lowest BCUT2D eigenvalue weighted by molar-refractivity contribution is 0.528. The molecule has 0 bridgehead atoms. The van der Waals surface area contributed by atoms with Gasteiger partial charge in [0.05, 0.1) is 0 Å². The number of pyridine rings is 1. The normalized spacial score (nSPS) is 17.0. The Labute approximate surface area is 155 Å². The summed E-state index contributed by atoms with van der Waals surface area (Å²) in [6.45, 7) is 3.08. The van der Waals surface area contributed by atoms with Crippen LogP contribution >= 0.6 is 0 Å². The maximum atomic E-state index is 4.61. The highest BCUT2D eigenvalue weighted by Gasteiger charge is 2.17. The molecule has 0 fully saturated rings. The van der Waals surface area contributed by atoms with Gasteiger partial charge in [-0.3, -0.25) is 4.98 Å². The molecular formula is C24H24N2. The molecular weight excluding hydrogens is 316 g/mol. The Hall–Kier alpha value is -2.71. The molecule has 0 saturated heterocycles. The van der Waals surface area contributed by atoms with Gasteiger partial charge in [0.25, 0.3) is 0 Å². The smallest absolute Gasteiger partial charge is 0.0425 e. The van der Waals surface area contributed by atoms with Gasteiger partial charge in [-0.1, -0.05) is 66.2 Å². The molecule has 2 heterocycles. The molecule has 0 saturated carbocycles. The maximum absolute atomic E-state index is 4.61. The summed E-state index contributed by atoms with van der Waals surface area (Å²) in [6, 6.07) is 24.0. The standard InChI is InChI=1S/C24H24N2/c1-18-6-5-9-20(14-18)22-11-13-26-24(16-22)17-23-15-21(10-12-25-23)19-7-3-2-4-8-19/h2-12,14-15,24,26H,13,16-17H2,1H3. The van der Waals surface area contributed by atoms with Gasteiger partial charge in [-0.2, -0.15) is 0 Å². The van der Waals surface area contributed by atoms with Gasteiger partial charge in [-0.25, -0.2) is 0 Å². The molecule has 2 aromatic carbocycles. The van der Waals surface area contributed by atoms with E-state index in [1.165, 1.54) is 27.8 Å². The second kappa shape index (κ2) is 7.67. The molecule has 130 valence electrons. The Balaban J connectivity index is 1.49. The van der Waals surface area contributed by atoms with Crippen LogP contribution in [0, 0.1) is 6.92 Å². The van der Waals surface area contributed by atoms with Crippen LogP contribution < -0.4 is 5.32 Å². The van der Waals surface area contributed by atoms with Crippen LogP contribution in [0.3, 0.4) is 0 Å². The largest absolute Gasteiger partial charge is 0.310 e. The molecule has 0 radical (unpaired) electrons. The van der Waals surface area contributed by atoms with Crippen LogP contribution in [0.25, 0.3) is 16.7 Å². The van der Waals surface area contributed by atoms with Gasteiger partial charge in [-0.15, -0.1) is 0 Å². The van der Waals surface area contributed by atoms with Crippen molar-refractivity contribution in [3.63, 3.8) is 0 Å². The zero-order chi connectivity index (χ0) is 17.8. The van der Waals surface area contributed by atoms with Gasteiger partial charge < -0.3 is 5.32 Å². The van der Waals surface area contributed by atoms with Crippen molar-refractivity contribution in [2.45, 2.75) is 25.8 Å². The van der Waals surface area contributed by atoms with Gasteiger partial charge in [0, 0.05) is 30.9 Å². The molecule has 0 aliphatic carbocycles. The van der Waals surface area contributed by atoms with E-state index in [1.54, 1.807) is 0 Å². The highest BCUT2D eigenvalue weighted by molar-refractivity contribution is 5.67. The lowest BCUT2D eigenvalue weighted by Crippen LogP contribution is -2.34. The van der Waals surface area contributed by atoms with Crippen LogP contribution in [0.15, 0.2) is 79.0 Å². The van der Waals surface area contributed by atoms with Crippen LogP contribution in [-0.4, -0.2) is 17.6 Å². The number of hydrogen-bond donors (Lipinski definition) is 1. The fourth-order valence-electron chi connectivity index (χ4n) is 3.65. The monoisotopic (exact) mass is 340 g/mol. The average molecular weight is 340 g/mol. The maximum Gasteiger partial charge on any atom is 0.0425 e. The van der Waals surface area contributed by atoms with E-state index in [1.807, 2.05) is 6.20 Å². The third-order valence-corrected chi connectivity index (χ3v) is 4.99. The van der Waals surface area contributed by atoms with Crippen LogP contribution in [-0.2, 0) is 6.42 Å². The molecule has 1 atom stereocenters. The molecule has 4 rings (SSSR count). The predicted molar refractivity (Wildman–Crippen MR) is 109 cm³/mol. The number of aromatic nitrogens is 1. The van der Waals surface area contributed by atoms with Gasteiger partial charge in [0.15, 0.2) is 0 Å². The van der Waals surface area contributed by atoms with Crippen molar-refractivity contribution in [3.05, 3.63) is 95.8 Å². The minimum absolute atomic E-state index is 0.425. The van der Waals surface area contributed by atoms with Gasteiger partial charge in [-0.05, 0) is 47.7 Å².